The molecule has 0 radical (unpaired) electrons. The van der Waals surface area contributed by atoms with Crippen molar-refractivity contribution in [1.82, 2.24) is 0 Å². The summed E-state index contributed by atoms with van der Waals surface area (Å²) < 4.78 is 9.75. The van der Waals surface area contributed by atoms with E-state index in [9.17, 15) is 0 Å². The van der Waals surface area contributed by atoms with Gasteiger partial charge in [0.1, 0.15) is 0 Å². The first-order valence-electron chi connectivity index (χ1n) is 5.70. The van der Waals surface area contributed by atoms with Gasteiger partial charge in [0.25, 0.3) is 0 Å². The third-order valence-corrected chi connectivity index (χ3v) is 1.78. The first kappa shape index (κ1) is 16.1. The predicted octanol–water partition coefficient (Wildman–Crippen LogP) is 0.999. The Hall–Kier alpha value is -0.940. The van der Waals surface area contributed by atoms with Crippen molar-refractivity contribution < 1.29 is 19.7 Å². The van der Waals surface area contributed by atoms with Gasteiger partial charge in [-0.3, -0.25) is 0 Å². The minimum Gasteiger partial charge on any atom is -0.394 e. The van der Waals surface area contributed by atoms with E-state index in [2.05, 4.69) is 19.1 Å². The average molecular weight is 242 g/mol. The van der Waals surface area contributed by atoms with Crippen molar-refractivity contribution in [2.45, 2.75) is 6.92 Å². The first-order valence-corrected chi connectivity index (χ1v) is 5.70. The minimum absolute atomic E-state index is 0.0417. The van der Waals surface area contributed by atoms with E-state index in [0.717, 1.165) is 0 Å². The quantitative estimate of drug-likeness (QED) is 0.700. The molecule has 0 aliphatic rings. The largest absolute Gasteiger partial charge is 0.394 e. The maximum absolute atomic E-state index is 8.26. The summed E-state index contributed by atoms with van der Waals surface area (Å²) in [6.45, 7) is 3.81. The van der Waals surface area contributed by atoms with E-state index in [1.54, 1.807) is 0 Å². The Labute approximate surface area is 103 Å². The summed E-state index contributed by atoms with van der Waals surface area (Å²) in [7, 11) is 0. The van der Waals surface area contributed by atoms with Crippen LogP contribution in [0, 0.1) is 6.92 Å². The van der Waals surface area contributed by atoms with Crippen molar-refractivity contribution in [2.75, 3.05) is 39.6 Å². The van der Waals surface area contributed by atoms with Crippen LogP contribution in [0.3, 0.4) is 0 Å². The van der Waals surface area contributed by atoms with Gasteiger partial charge in [-0.05, 0) is 6.92 Å². The molecule has 17 heavy (non-hydrogen) atoms. The van der Waals surface area contributed by atoms with Gasteiger partial charge in [0.2, 0.25) is 0 Å². The molecule has 1 rings (SSSR count). The number of hydrogen-bond acceptors (Lipinski definition) is 4. The normalized spacial score (nSPS) is 9.59. The van der Waals surface area contributed by atoms with Gasteiger partial charge < -0.3 is 19.7 Å². The van der Waals surface area contributed by atoms with Gasteiger partial charge in [-0.2, -0.15) is 0 Å². The fraction of sp³-hybridized carbons (Fsp3) is 0.538. The molecule has 4 nitrogen and oxygen atoms in total. The molecule has 0 heterocycles. The number of rotatable bonds is 7. The SMILES string of the molecule is Cc1ccccc1.OCCOCCOCCO. The van der Waals surface area contributed by atoms with Crippen molar-refractivity contribution in [1.29, 1.82) is 0 Å². The molecule has 0 aliphatic carbocycles. The molecule has 0 saturated heterocycles. The van der Waals surface area contributed by atoms with Crippen LogP contribution in [0.1, 0.15) is 5.56 Å². The number of aliphatic hydroxyl groups excluding tert-OH is 2. The molecule has 0 aromatic heterocycles. The Morgan fingerprint density at radius 2 is 1.29 bits per heavy atom. The number of ether oxygens (including phenoxy) is 2. The second kappa shape index (κ2) is 13.1. The standard InChI is InChI=1S/C7H8.C6H14O4/c1-7-5-3-2-4-6-7;7-1-3-9-5-6-10-4-2-8/h2-6H,1H3;7-8H,1-6H2. The summed E-state index contributed by atoms with van der Waals surface area (Å²) in [4.78, 5) is 0. The maximum atomic E-state index is 8.26. The maximum Gasteiger partial charge on any atom is 0.0701 e. The topological polar surface area (TPSA) is 58.9 Å². The van der Waals surface area contributed by atoms with E-state index in [1.165, 1.54) is 5.56 Å². The monoisotopic (exact) mass is 242 g/mol. The Kier molecular flexibility index (Phi) is 12.4. The highest BCUT2D eigenvalue weighted by Gasteiger charge is 1.86. The molecule has 4 heteroatoms. The van der Waals surface area contributed by atoms with Crippen LogP contribution in [0.25, 0.3) is 0 Å². The van der Waals surface area contributed by atoms with Gasteiger partial charge in [-0.25, -0.2) is 0 Å². The number of hydrogen-bond donors (Lipinski definition) is 2. The van der Waals surface area contributed by atoms with Gasteiger partial charge in [0.15, 0.2) is 0 Å². The Balaban J connectivity index is 0.000000318. The van der Waals surface area contributed by atoms with Gasteiger partial charge in [0.05, 0.1) is 39.6 Å². The summed E-state index contributed by atoms with van der Waals surface area (Å²) in [6.07, 6.45) is 0. The van der Waals surface area contributed by atoms with Gasteiger partial charge in [-0.1, -0.05) is 35.9 Å². The lowest BCUT2D eigenvalue weighted by Crippen LogP contribution is -2.09. The summed E-state index contributed by atoms with van der Waals surface area (Å²) in [5, 5.41) is 16.5. The van der Waals surface area contributed by atoms with Crippen molar-refractivity contribution in [2.24, 2.45) is 0 Å². The minimum atomic E-state index is 0.0417. The number of aryl methyl sites for hydroxylation is 1. The highest BCUT2D eigenvalue weighted by atomic mass is 16.5. The second-order valence-electron chi connectivity index (χ2n) is 3.33. The molecule has 1 aromatic carbocycles. The van der Waals surface area contributed by atoms with Crippen molar-refractivity contribution in [3.05, 3.63) is 35.9 Å². The lowest BCUT2D eigenvalue weighted by Gasteiger charge is -2.01. The average Bonchev–Trinajstić information content (AvgIpc) is 2.35. The fourth-order valence-corrected chi connectivity index (χ4v) is 0.985. The van der Waals surface area contributed by atoms with Crippen molar-refractivity contribution >= 4 is 0 Å². The second-order valence-corrected chi connectivity index (χ2v) is 3.33. The molecule has 1 aromatic rings. The van der Waals surface area contributed by atoms with Crippen molar-refractivity contribution in [3.8, 4) is 0 Å². The molecule has 0 aliphatic heterocycles. The van der Waals surface area contributed by atoms with Crippen LogP contribution in [-0.4, -0.2) is 49.9 Å². The Bertz CT molecular complexity index is 230. The van der Waals surface area contributed by atoms with E-state index in [-0.39, 0.29) is 13.2 Å². The molecule has 0 spiro atoms. The Morgan fingerprint density at radius 3 is 1.59 bits per heavy atom. The summed E-state index contributed by atoms with van der Waals surface area (Å²) in [5.74, 6) is 0. The van der Waals surface area contributed by atoms with Gasteiger partial charge in [0, 0.05) is 0 Å². The molecule has 0 fully saturated rings. The van der Waals surface area contributed by atoms with E-state index in [0.29, 0.717) is 26.4 Å². The molecule has 0 atom stereocenters. The third-order valence-electron chi connectivity index (χ3n) is 1.78. The lowest BCUT2D eigenvalue weighted by molar-refractivity contribution is 0.0222. The zero-order chi connectivity index (χ0) is 12.8. The van der Waals surface area contributed by atoms with Crippen LogP contribution in [0.5, 0.6) is 0 Å². The third kappa shape index (κ3) is 13.0. The highest BCUT2D eigenvalue weighted by molar-refractivity contribution is 5.11. The van der Waals surface area contributed by atoms with Crippen LogP contribution in [0.4, 0.5) is 0 Å². The van der Waals surface area contributed by atoms with E-state index in [4.69, 9.17) is 19.7 Å². The van der Waals surface area contributed by atoms with Crippen LogP contribution >= 0.6 is 0 Å². The Morgan fingerprint density at radius 1 is 0.824 bits per heavy atom. The lowest BCUT2D eigenvalue weighted by atomic mass is 10.2. The molecular weight excluding hydrogens is 220 g/mol. The molecule has 0 unspecified atom stereocenters. The van der Waals surface area contributed by atoms with Crippen LogP contribution in [0.2, 0.25) is 0 Å². The van der Waals surface area contributed by atoms with Crippen molar-refractivity contribution in [3.63, 3.8) is 0 Å². The van der Waals surface area contributed by atoms with E-state index in [1.807, 2.05) is 18.2 Å². The predicted molar refractivity (Wildman–Crippen MR) is 67.0 cm³/mol. The number of aliphatic hydroxyl groups is 2. The zero-order valence-electron chi connectivity index (χ0n) is 10.3. The van der Waals surface area contributed by atoms with E-state index >= 15 is 0 Å². The van der Waals surface area contributed by atoms with Crippen LogP contribution < -0.4 is 0 Å². The molecule has 2 N–H and O–H groups in total. The smallest absolute Gasteiger partial charge is 0.0701 e. The summed E-state index contributed by atoms with van der Waals surface area (Å²) in [6, 6.07) is 10.3. The summed E-state index contributed by atoms with van der Waals surface area (Å²) >= 11 is 0. The van der Waals surface area contributed by atoms with E-state index < -0.39 is 0 Å². The molecule has 0 saturated carbocycles. The van der Waals surface area contributed by atoms with Gasteiger partial charge >= 0.3 is 0 Å². The summed E-state index contributed by atoms with van der Waals surface area (Å²) in [5.41, 5.74) is 1.32. The molecule has 0 bridgehead atoms. The number of benzene rings is 1. The zero-order valence-corrected chi connectivity index (χ0v) is 10.3. The van der Waals surface area contributed by atoms with Crippen LogP contribution in [0.15, 0.2) is 30.3 Å². The highest BCUT2D eigenvalue weighted by Crippen LogP contribution is 1.92. The molecule has 98 valence electrons. The van der Waals surface area contributed by atoms with Crippen LogP contribution in [-0.2, 0) is 9.47 Å². The molecule has 0 amide bonds. The van der Waals surface area contributed by atoms with Gasteiger partial charge in [-0.15, -0.1) is 0 Å². The molecular formula is C13H22O4. The fourth-order valence-electron chi connectivity index (χ4n) is 0.985. The first-order chi connectivity index (χ1) is 8.31.